The molecular formula is C14H14O6. The van der Waals surface area contributed by atoms with Crippen molar-refractivity contribution in [1.29, 1.82) is 0 Å². The Balaban J connectivity index is 2.27. The zero-order valence-electron chi connectivity index (χ0n) is 10.9. The number of carboxylic acid groups (broad SMARTS) is 1. The molecule has 1 aromatic rings. The molecule has 0 bridgehead atoms. The van der Waals surface area contributed by atoms with Gasteiger partial charge in [0.15, 0.2) is 11.5 Å². The molecule has 6 heteroatoms. The molecule has 0 spiro atoms. The highest BCUT2D eigenvalue weighted by molar-refractivity contribution is 5.98. The van der Waals surface area contributed by atoms with E-state index in [1.807, 2.05) is 0 Å². The van der Waals surface area contributed by atoms with E-state index in [1.165, 1.54) is 6.08 Å². The predicted octanol–water partition coefficient (Wildman–Crippen LogP) is 1.84. The van der Waals surface area contributed by atoms with E-state index in [4.69, 9.17) is 19.3 Å². The molecule has 1 aliphatic heterocycles. The molecule has 0 amide bonds. The fraction of sp³-hybridized carbons (Fsp3) is 0.286. The minimum absolute atomic E-state index is 0.0817. The number of esters is 1. The van der Waals surface area contributed by atoms with Crippen LogP contribution in [0.1, 0.15) is 18.9 Å². The lowest BCUT2D eigenvalue weighted by atomic mass is 10.1. The van der Waals surface area contributed by atoms with Gasteiger partial charge in [0.2, 0.25) is 6.79 Å². The van der Waals surface area contributed by atoms with Crippen LogP contribution in [-0.4, -0.2) is 30.4 Å². The molecule has 0 saturated heterocycles. The van der Waals surface area contributed by atoms with Crippen LogP contribution in [0.4, 0.5) is 0 Å². The highest BCUT2D eigenvalue weighted by Crippen LogP contribution is 2.33. The van der Waals surface area contributed by atoms with Crippen molar-refractivity contribution < 1.29 is 28.9 Å². The first-order chi connectivity index (χ1) is 9.60. The molecule has 20 heavy (non-hydrogen) atoms. The first-order valence-electron chi connectivity index (χ1n) is 6.09. The van der Waals surface area contributed by atoms with E-state index in [0.717, 1.165) is 0 Å². The maximum Gasteiger partial charge on any atom is 0.334 e. The molecule has 1 N–H and O–H groups in total. The van der Waals surface area contributed by atoms with Crippen LogP contribution in [-0.2, 0) is 14.3 Å². The summed E-state index contributed by atoms with van der Waals surface area (Å²) in [5.74, 6) is -0.534. The van der Waals surface area contributed by atoms with Crippen molar-refractivity contribution in [2.24, 2.45) is 0 Å². The summed E-state index contributed by atoms with van der Waals surface area (Å²) in [6, 6.07) is 5.11. The molecule has 0 aliphatic carbocycles. The molecule has 2 rings (SSSR count). The van der Waals surface area contributed by atoms with E-state index >= 15 is 0 Å². The fourth-order valence-corrected chi connectivity index (χ4v) is 1.77. The second-order valence-corrected chi connectivity index (χ2v) is 4.07. The zero-order chi connectivity index (χ0) is 14.5. The van der Waals surface area contributed by atoms with Gasteiger partial charge in [0.05, 0.1) is 13.0 Å². The summed E-state index contributed by atoms with van der Waals surface area (Å²) < 4.78 is 15.2. The lowest BCUT2D eigenvalue weighted by Crippen LogP contribution is -2.11. The van der Waals surface area contributed by atoms with Crippen molar-refractivity contribution in [3.63, 3.8) is 0 Å². The first-order valence-corrected chi connectivity index (χ1v) is 6.09. The summed E-state index contributed by atoms with van der Waals surface area (Å²) in [5, 5.41) is 8.84. The molecule has 0 radical (unpaired) electrons. The van der Waals surface area contributed by atoms with Crippen molar-refractivity contribution in [2.75, 3.05) is 13.4 Å². The van der Waals surface area contributed by atoms with E-state index < -0.39 is 18.4 Å². The van der Waals surface area contributed by atoms with Crippen LogP contribution in [0.25, 0.3) is 6.08 Å². The number of carbonyl (C=O) groups excluding carboxylic acids is 1. The Hall–Kier alpha value is -2.50. The second-order valence-electron chi connectivity index (χ2n) is 4.07. The van der Waals surface area contributed by atoms with Crippen LogP contribution in [0.5, 0.6) is 11.5 Å². The van der Waals surface area contributed by atoms with Gasteiger partial charge < -0.3 is 19.3 Å². The highest BCUT2D eigenvalue weighted by Gasteiger charge is 2.16. The van der Waals surface area contributed by atoms with Crippen LogP contribution >= 0.6 is 0 Å². The quantitative estimate of drug-likeness (QED) is 0.653. The van der Waals surface area contributed by atoms with Crippen molar-refractivity contribution in [2.45, 2.75) is 13.3 Å². The third kappa shape index (κ3) is 3.28. The normalized spacial score (nSPS) is 13.2. The van der Waals surface area contributed by atoms with Crippen molar-refractivity contribution in [1.82, 2.24) is 0 Å². The van der Waals surface area contributed by atoms with Gasteiger partial charge >= 0.3 is 11.9 Å². The number of carbonyl (C=O) groups is 2. The van der Waals surface area contributed by atoms with Crippen LogP contribution in [0.15, 0.2) is 23.8 Å². The molecule has 0 atom stereocenters. The fourth-order valence-electron chi connectivity index (χ4n) is 1.77. The summed E-state index contributed by atoms with van der Waals surface area (Å²) in [5.41, 5.74) is 0.733. The van der Waals surface area contributed by atoms with Crippen LogP contribution < -0.4 is 9.47 Å². The summed E-state index contributed by atoms with van der Waals surface area (Å²) in [4.78, 5) is 22.5. The predicted molar refractivity (Wildman–Crippen MR) is 69.4 cm³/mol. The van der Waals surface area contributed by atoms with E-state index in [2.05, 4.69) is 0 Å². The van der Waals surface area contributed by atoms with Gasteiger partial charge in [-0.15, -0.1) is 0 Å². The number of fused-ring (bicyclic) bond motifs is 1. The Bertz CT molecular complexity index is 561. The molecule has 6 nitrogen and oxygen atoms in total. The topological polar surface area (TPSA) is 82.1 Å². The molecular weight excluding hydrogens is 264 g/mol. The Morgan fingerprint density at radius 1 is 1.35 bits per heavy atom. The minimum atomic E-state index is -1.09. The van der Waals surface area contributed by atoms with Crippen molar-refractivity contribution in [3.05, 3.63) is 29.3 Å². The summed E-state index contributed by atoms with van der Waals surface area (Å²) in [6.07, 6.45) is 1.08. The highest BCUT2D eigenvalue weighted by atomic mass is 16.7. The van der Waals surface area contributed by atoms with Crippen molar-refractivity contribution >= 4 is 18.0 Å². The number of benzene rings is 1. The lowest BCUT2D eigenvalue weighted by Gasteiger charge is -2.05. The van der Waals surface area contributed by atoms with Gasteiger partial charge in [0.25, 0.3) is 0 Å². The largest absolute Gasteiger partial charge is 0.481 e. The lowest BCUT2D eigenvalue weighted by molar-refractivity contribution is -0.142. The Morgan fingerprint density at radius 2 is 2.10 bits per heavy atom. The van der Waals surface area contributed by atoms with Gasteiger partial charge in [0, 0.05) is 5.57 Å². The Kier molecular flexibility index (Phi) is 4.24. The molecule has 0 unspecified atom stereocenters. The first kappa shape index (κ1) is 13.9. The molecule has 0 fully saturated rings. The third-order valence-corrected chi connectivity index (χ3v) is 2.62. The monoisotopic (exact) mass is 278 g/mol. The molecule has 0 saturated carbocycles. The van der Waals surface area contributed by atoms with E-state index in [1.54, 1.807) is 25.1 Å². The minimum Gasteiger partial charge on any atom is -0.481 e. The van der Waals surface area contributed by atoms with Crippen molar-refractivity contribution in [3.8, 4) is 11.5 Å². The smallest absolute Gasteiger partial charge is 0.334 e. The number of carboxylic acids is 1. The molecule has 106 valence electrons. The number of ether oxygens (including phenoxy) is 3. The van der Waals surface area contributed by atoms with Gasteiger partial charge in [-0.3, -0.25) is 4.79 Å². The molecule has 1 heterocycles. The second kappa shape index (κ2) is 6.10. The van der Waals surface area contributed by atoms with E-state index in [-0.39, 0.29) is 19.0 Å². The van der Waals surface area contributed by atoms with Crippen LogP contribution in [0.3, 0.4) is 0 Å². The van der Waals surface area contributed by atoms with Gasteiger partial charge in [0.1, 0.15) is 0 Å². The average molecular weight is 278 g/mol. The number of hydrogen-bond donors (Lipinski definition) is 1. The molecule has 1 aromatic carbocycles. The zero-order valence-corrected chi connectivity index (χ0v) is 10.9. The third-order valence-electron chi connectivity index (χ3n) is 2.62. The van der Waals surface area contributed by atoms with E-state index in [0.29, 0.717) is 17.1 Å². The van der Waals surface area contributed by atoms with Crippen LogP contribution in [0, 0.1) is 0 Å². The Labute approximate surface area is 115 Å². The van der Waals surface area contributed by atoms with Gasteiger partial charge in [-0.1, -0.05) is 6.07 Å². The Morgan fingerprint density at radius 3 is 2.80 bits per heavy atom. The maximum atomic E-state index is 11.7. The summed E-state index contributed by atoms with van der Waals surface area (Å²) in [6.45, 7) is 2.01. The van der Waals surface area contributed by atoms with Gasteiger partial charge in [-0.25, -0.2) is 4.79 Å². The van der Waals surface area contributed by atoms with Crippen LogP contribution in [0.2, 0.25) is 0 Å². The maximum absolute atomic E-state index is 11.7. The van der Waals surface area contributed by atoms with Gasteiger partial charge in [-0.2, -0.15) is 0 Å². The van der Waals surface area contributed by atoms with Gasteiger partial charge in [-0.05, 0) is 30.7 Å². The standard InChI is InChI=1S/C14H14O6/c1-2-18-14(17)10(7-13(15)16)5-9-3-4-11-12(6-9)20-8-19-11/h3-6H,2,7-8H2,1H3,(H,15,16)/b10-5-. The molecule has 1 aliphatic rings. The SMILES string of the molecule is CCOC(=O)/C(=C\c1ccc2c(c1)OCO2)CC(=O)O. The number of rotatable bonds is 5. The summed E-state index contributed by atoms with van der Waals surface area (Å²) in [7, 11) is 0. The number of aliphatic carboxylic acids is 1. The average Bonchev–Trinajstić information content (AvgIpc) is 2.85. The number of hydrogen-bond acceptors (Lipinski definition) is 5. The molecule has 0 aromatic heterocycles. The van der Waals surface area contributed by atoms with E-state index in [9.17, 15) is 9.59 Å². The summed E-state index contributed by atoms with van der Waals surface area (Å²) >= 11 is 0.